The molecule has 0 aliphatic heterocycles. The fraction of sp³-hybridized carbons (Fsp3) is 0.125. The van der Waals surface area contributed by atoms with Crippen LogP contribution in [0.15, 0.2) is 18.2 Å². The van der Waals surface area contributed by atoms with Crippen LogP contribution in [0.2, 0.25) is 0 Å². The highest BCUT2D eigenvalue weighted by atomic mass is 19.4. The van der Waals surface area contributed by atoms with Crippen LogP contribution in [-0.4, -0.2) is 17.4 Å². The number of alkyl halides is 3. The number of hydrogen-bond acceptors (Lipinski definition) is 3. The summed E-state index contributed by atoms with van der Waals surface area (Å²) in [6, 6.07) is 1.99. The summed E-state index contributed by atoms with van der Waals surface area (Å²) in [6.07, 6.45) is -4.91. The fourth-order valence-corrected chi connectivity index (χ4v) is 0.876. The molecule has 0 spiro atoms. The lowest BCUT2D eigenvalue weighted by atomic mass is 10.2. The molecule has 1 N–H and O–H groups in total. The Kier molecular flexibility index (Phi) is 2.74. The Morgan fingerprint density at radius 2 is 2.00 bits per heavy atom. The van der Waals surface area contributed by atoms with Gasteiger partial charge in [-0.15, -0.1) is 13.2 Å². The maximum absolute atomic E-state index is 11.7. The molecular formula is C8H4F3O4-. The summed E-state index contributed by atoms with van der Waals surface area (Å²) in [5.74, 6) is -3.28. The van der Waals surface area contributed by atoms with Gasteiger partial charge in [-0.25, -0.2) is 4.79 Å². The molecule has 0 radical (unpaired) electrons. The Balaban J connectivity index is 2.97. The number of halogens is 3. The highest BCUT2D eigenvalue weighted by Crippen LogP contribution is 2.26. The minimum absolute atomic E-state index is 0.469. The fourth-order valence-electron chi connectivity index (χ4n) is 0.876. The van der Waals surface area contributed by atoms with Crippen molar-refractivity contribution in [2.24, 2.45) is 0 Å². The van der Waals surface area contributed by atoms with Crippen LogP contribution in [-0.2, 0) is 0 Å². The molecule has 4 nitrogen and oxygen atoms in total. The molecule has 0 unspecified atom stereocenters. The third-order valence-corrected chi connectivity index (χ3v) is 1.42. The topological polar surface area (TPSA) is 69.6 Å². The van der Waals surface area contributed by atoms with E-state index < -0.39 is 29.4 Å². The van der Waals surface area contributed by atoms with Crippen LogP contribution < -0.4 is 9.84 Å². The SMILES string of the molecule is O=C(O)c1ccc(OC(F)(F)F)cc1[O-]. The van der Waals surface area contributed by atoms with Gasteiger partial charge in [0.1, 0.15) is 5.75 Å². The standard InChI is InChI=1S/C8H5F3O4/c9-8(10,11)15-4-1-2-5(7(13)14)6(12)3-4/h1-3,12H,(H,13,14)/p-1. The lowest BCUT2D eigenvalue weighted by Gasteiger charge is -2.13. The van der Waals surface area contributed by atoms with Crippen molar-refractivity contribution in [3.63, 3.8) is 0 Å². The molecule has 1 aromatic rings. The van der Waals surface area contributed by atoms with E-state index in [4.69, 9.17) is 5.11 Å². The summed E-state index contributed by atoms with van der Waals surface area (Å²) in [5, 5.41) is 19.4. The Bertz CT molecular complexity index is 386. The molecule has 15 heavy (non-hydrogen) atoms. The highest BCUT2D eigenvalue weighted by Gasteiger charge is 2.31. The lowest BCUT2D eigenvalue weighted by molar-refractivity contribution is -0.277. The van der Waals surface area contributed by atoms with E-state index in [1.807, 2.05) is 0 Å². The average molecular weight is 221 g/mol. The van der Waals surface area contributed by atoms with E-state index in [2.05, 4.69) is 4.74 Å². The van der Waals surface area contributed by atoms with Gasteiger partial charge in [0.2, 0.25) is 0 Å². The zero-order valence-electron chi connectivity index (χ0n) is 7.04. The molecule has 0 saturated heterocycles. The van der Waals surface area contributed by atoms with E-state index in [9.17, 15) is 23.1 Å². The third-order valence-electron chi connectivity index (χ3n) is 1.42. The van der Waals surface area contributed by atoms with Crippen LogP contribution in [0.5, 0.6) is 11.5 Å². The first-order valence-corrected chi connectivity index (χ1v) is 3.60. The monoisotopic (exact) mass is 221 g/mol. The number of aromatic carboxylic acids is 1. The van der Waals surface area contributed by atoms with Crippen LogP contribution in [0.3, 0.4) is 0 Å². The van der Waals surface area contributed by atoms with E-state index >= 15 is 0 Å². The second-order valence-corrected chi connectivity index (χ2v) is 2.51. The van der Waals surface area contributed by atoms with Crippen molar-refractivity contribution in [3.8, 4) is 11.5 Å². The molecule has 82 valence electrons. The maximum Gasteiger partial charge on any atom is 0.573 e. The van der Waals surface area contributed by atoms with Gasteiger partial charge in [-0.1, -0.05) is 5.75 Å². The number of rotatable bonds is 2. The minimum atomic E-state index is -4.91. The number of carbonyl (C=O) groups is 1. The second kappa shape index (κ2) is 3.68. The molecule has 1 aromatic carbocycles. The normalized spacial score (nSPS) is 11.1. The van der Waals surface area contributed by atoms with Crippen molar-refractivity contribution in [2.75, 3.05) is 0 Å². The highest BCUT2D eigenvalue weighted by molar-refractivity contribution is 5.90. The smallest absolute Gasteiger partial charge is 0.573 e. The van der Waals surface area contributed by atoms with Crippen molar-refractivity contribution in [1.29, 1.82) is 0 Å². The number of carboxylic acids is 1. The Morgan fingerprint density at radius 1 is 1.40 bits per heavy atom. The number of carboxylic acid groups (broad SMARTS) is 1. The molecule has 0 aliphatic carbocycles. The third kappa shape index (κ3) is 3.04. The Morgan fingerprint density at radius 3 is 2.40 bits per heavy atom. The van der Waals surface area contributed by atoms with Gasteiger partial charge in [0.05, 0.1) is 5.56 Å². The summed E-state index contributed by atoms with van der Waals surface area (Å²) < 4.78 is 38.5. The molecule has 0 heterocycles. The maximum atomic E-state index is 11.7. The van der Waals surface area contributed by atoms with Crippen molar-refractivity contribution >= 4 is 5.97 Å². The van der Waals surface area contributed by atoms with Gasteiger partial charge < -0.3 is 14.9 Å². The quantitative estimate of drug-likeness (QED) is 0.818. The lowest BCUT2D eigenvalue weighted by Crippen LogP contribution is -2.17. The molecule has 0 bridgehead atoms. The van der Waals surface area contributed by atoms with Crippen molar-refractivity contribution in [3.05, 3.63) is 23.8 Å². The largest absolute Gasteiger partial charge is 0.872 e. The van der Waals surface area contributed by atoms with Crippen LogP contribution >= 0.6 is 0 Å². The zero-order chi connectivity index (χ0) is 11.6. The van der Waals surface area contributed by atoms with Gasteiger partial charge in [0.15, 0.2) is 0 Å². The second-order valence-electron chi connectivity index (χ2n) is 2.51. The van der Waals surface area contributed by atoms with E-state index in [1.165, 1.54) is 0 Å². The van der Waals surface area contributed by atoms with Crippen LogP contribution in [0.25, 0.3) is 0 Å². The van der Waals surface area contributed by atoms with Gasteiger partial charge in [-0.2, -0.15) is 0 Å². The molecule has 0 atom stereocenters. The van der Waals surface area contributed by atoms with Crippen molar-refractivity contribution in [1.82, 2.24) is 0 Å². The summed E-state index contributed by atoms with van der Waals surface area (Å²) in [4.78, 5) is 10.4. The molecule has 0 amide bonds. The molecule has 0 aromatic heterocycles. The van der Waals surface area contributed by atoms with Crippen LogP contribution in [0.1, 0.15) is 10.4 Å². The zero-order valence-corrected chi connectivity index (χ0v) is 7.04. The van der Waals surface area contributed by atoms with Crippen LogP contribution in [0, 0.1) is 0 Å². The van der Waals surface area contributed by atoms with Crippen LogP contribution in [0.4, 0.5) is 13.2 Å². The van der Waals surface area contributed by atoms with Gasteiger partial charge >= 0.3 is 12.3 Å². The first-order valence-electron chi connectivity index (χ1n) is 3.60. The summed E-state index contributed by atoms with van der Waals surface area (Å²) in [7, 11) is 0. The van der Waals surface area contributed by atoms with E-state index in [-0.39, 0.29) is 0 Å². The summed E-state index contributed by atoms with van der Waals surface area (Å²) in [5.41, 5.74) is -0.607. The molecule has 0 saturated carbocycles. The molecule has 1 rings (SSSR count). The van der Waals surface area contributed by atoms with Crippen molar-refractivity contribution < 1.29 is 32.9 Å². The van der Waals surface area contributed by atoms with Gasteiger partial charge in [-0.3, -0.25) is 0 Å². The number of ether oxygens (including phenoxy) is 1. The van der Waals surface area contributed by atoms with Gasteiger partial charge in [0, 0.05) is 0 Å². The predicted octanol–water partition coefficient (Wildman–Crippen LogP) is 1.36. The molecule has 0 aliphatic rings. The Hall–Kier alpha value is -1.92. The molecular weight excluding hydrogens is 217 g/mol. The molecule has 0 fully saturated rings. The average Bonchev–Trinajstić information content (AvgIpc) is 1.99. The predicted molar refractivity (Wildman–Crippen MR) is 39.5 cm³/mol. The molecule has 7 heteroatoms. The van der Waals surface area contributed by atoms with Gasteiger partial charge in [-0.05, 0) is 18.2 Å². The van der Waals surface area contributed by atoms with E-state index in [1.54, 1.807) is 0 Å². The number of hydrogen-bond donors (Lipinski definition) is 1. The number of benzene rings is 1. The van der Waals surface area contributed by atoms with E-state index in [0.717, 1.165) is 12.1 Å². The first-order chi connectivity index (χ1) is 6.79. The Labute approximate surface area is 81.5 Å². The first kappa shape index (κ1) is 11.2. The minimum Gasteiger partial charge on any atom is -0.872 e. The van der Waals surface area contributed by atoms with Crippen molar-refractivity contribution in [2.45, 2.75) is 6.36 Å². The summed E-state index contributed by atoms with van der Waals surface area (Å²) >= 11 is 0. The van der Waals surface area contributed by atoms with E-state index in [0.29, 0.717) is 6.07 Å². The summed E-state index contributed by atoms with van der Waals surface area (Å²) in [6.45, 7) is 0. The van der Waals surface area contributed by atoms with Gasteiger partial charge in [0.25, 0.3) is 0 Å².